The Morgan fingerprint density at radius 1 is 1.22 bits per heavy atom. The van der Waals surface area contributed by atoms with Crippen molar-refractivity contribution >= 4 is 38.9 Å². The molecule has 0 atom stereocenters. The molecular weight excluding hydrogens is 614 g/mol. The molecule has 3 heterocycles. The predicted octanol–water partition coefficient (Wildman–Crippen LogP) is 5.24. The first kappa shape index (κ1) is 31.3. The second-order valence-electron chi connectivity index (χ2n) is 10.2. The molecule has 0 unspecified atom stereocenters. The number of carbonyl (C=O) groups is 1. The van der Waals surface area contributed by atoms with E-state index in [2.05, 4.69) is 19.9 Å². The van der Waals surface area contributed by atoms with Crippen molar-refractivity contribution in [3.05, 3.63) is 34.3 Å². The normalized spacial score (nSPS) is 16.1. The summed E-state index contributed by atoms with van der Waals surface area (Å²) in [5, 5.41) is 16.9. The van der Waals surface area contributed by atoms with Crippen molar-refractivity contribution in [2.75, 3.05) is 13.1 Å². The molecule has 1 amide bonds. The Morgan fingerprint density at radius 2 is 1.85 bits per heavy atom. The Labute approximate surface area is 241 Å². The summed E-state index contributed by atoms with van der Waals surface area (Å²) in [4.78, 5) is 18.2. The van der Waals surface area contributed by atoms with Crippen LogP contribution in [-0.2, 0) is 15.6 Å². The molecule has 17 heteroatoms. The van der Waals surface area contributed by atoms with E-state index in [1.807, 2.05) is 0 Å². The SMILES string of the molecule is CC(C)NS(=O)(=O)c1ccc(-c2sc(-c3nnc(C(C)(C)O)o3)nc2C(=O)N2CCC(F)(F)CC2)c(C(F)F)c1Cl. The summed E-state index contributed by atoms with van der Waals surface area (Å²) in [6.45, 7) is 5.26. The third kappa shape index (κ3) is 6.56. The molecule has 2 aromatic heterocycles. The fourth-order valence-electron chi connectivity index (χ4n) is 4.05. The molecule has 2 N–H and O–H groups in total. The zero-order valence-corrected chi connectivity index (χ0v) is 24.6. The molecular formula is C24H26ClF4N5O5S2. The van der Waals surface area contributed by atoms with Gasteiger partial charge in [-0.2, -0.15) is 0 Å². The average molecular weight is 640 g/mol. The number of carbonyl (C=O) groups excluding carboxylic acids is 1. The second kappa shape index (κ2) is 11.2. The molecule has 4 rings (SSSR count). The number of amides is 1. The highest BCUT2D eigenvalue weighted by molar-refractivity contribution is 7.89. The zero-order chi connectivity index (χ0) is 30.5. The van der Waals surface area contributed by atoms with Crippen LogP contribution in [0.1, 0.15) is 68.9 Å². The maximum absolute atomic E-state index is 14.5. The number of hydrogen-bond donors (Lipinski definition) is 2. The molecule has 1 aliphatic rings. The summed E-state index contributed by atoms with van der Waals surface area (Å²) in [5.74, 6) is -4.18. The van der Waals surface area contributed by atoms with Gasteiger partial charge in [0.15, 0.2) is 5.01 Å². The first-order chi connectivity index (χ1) is 18.9. The van der Waals surface area contributed by atoms with Crippen molar-refractivity contribution in [3.8, 4) is 21.3 Å². The van der Waals surface area contributed by atoms with Gasteiger partial charge in [0.25, 0.3) is 24.1 Å². The molecule has 1 aliphatic heterocycles. The molecule has 1 fully saturated rings. The maximum atomic E-state index is 14.5. The number of rotatable bonds is 8. The fourth-order valence-corrected chi connectivity index (χ4v) is 6.96. The zero-order valence-electron chi connectivity index (χ0n) is 22.2. The minimum absolute atomic E-state index is 0.0804. The van der Waals surface area contributed by atoms with Crippen LogP contribution in [0.2, 0.25) is 5.02 Å². The quantitative estimate of drug-likeness (QED) is 0.319. The lowest BCUT2D eigenvalue weighted by molar-refractivity contribution is -0.0495. The summed E-state index contributed by atoms with van der Waals surface area (Å²) in [7, 11) is -4.28. The molecule has 0 saturated carbocycles. The van der Waals surface area contributed by atoms with E-state index < -0.39 is 68.2 Å². The number of nitrogens with one attached hydrogen (secondary N) is 1. The number of likely N-dealkylation sites (tertiary alicyclic amines) is 1. The largest absolute Gasteiger partial charge is 0.415 e. The predicted molar refractivity (Wildman–Crippen MR) is 142 cm³/mol. The van der Waals surface area contributed by atoms with Crippen LogP contribution in [0, 0.1) is 0 Å². The summed E-state index contributed by atoms with van der Waals surface area (Å²) < 4.78 is 89.8. The van der Waals surface area contributed by atoms with Gasteiger partial charge < -0.3 is 14.4 Å². The lowest BCUT2D eigenvalue weighted by atomic mass is 10.0. The highest BCUT2D eigenvalue weighted by Gasteiger charge is 2.38. The molecule has 0 aliphatic carbocycles. The molecule has 224 valence electrons. The van der Waals surface area contributed by atoms with Crippen molar-refractivity contribution in [1.82, 2.24) is 24.8 Å². The number of hydrogen-bond acceptors (Lipinski definition) is 9. The number of halogens is 5. The number of nitrogens with zero attached hydrogens (tertiary/aromatic N) is 4. The first-order valence-corrected chi connectivity index (χ1v) is 15.0. The van der Waals surface area contributed by atoms with Crippen molar-refractivity contribution in [2.45, 2.75) is 69.4 Å². The van der Waals surface area contributed by atoms with Crippen molar-refractivity contribution in [1.29, 1.82) is 0 Å². The molecule has 3 aromatic rings. The van der Waals surface area contributed by atoms with E-state index in [0.717, 1.165) is 17.0 Å². The smallest absolute Gasteiger partial charge is 0.276 e. The Hall–Kier alpha value is -2.66. The highest BCUT2D eigenvalue weighted by atomic mass is 35.5. The Balaban J connectivity index is 1.89. The average Bonchev–Trinajstić information content (AvgIpc) is 3.50. The summed E-state index contributed by atoms with van der Waals surface area (Å²) in [6, 6.07) is 1.55. The van der Waals surface area contributed by atoms with Gasteiger partial charge in [-0.3, -0.25) is 4.79 Å². The number of aliphatic hydroxyl groups is 1. The first-order valence-electron chi connectivity index (χ1n) is 12.3. The van der Waals surface area contributed by atoms with Crippen LogP contribution in [-0.4, -0.2) is 64.6 Å². The Kier molecular flexibility index (Phi) is 8.55. The standard InChI is InChI=1S/C24H26ClF4N5O5S2/c1-11(2)33-41(37,38)13-6-5-12(14(15(13)25)18(26)27)17-16(21(35)34-9-7-24(28,29)8-10-34)30-20(40-17)19-31-32-22(39-19)23(3,4)36/h5-6,11,18,33,36H,7-10H2,1-4H3. The van der Waals surface area contributed by atoms with Gasteiger partial charge in [0.1, 0.15) is 16.2 Å². The topological polar surface area (TPSA) is 139 Å². The van der Waals surface area contributed by atoms with Crippen LogP contribution in [0.15, 0.2) is 21.4 Å². The Bertz CT molecular complexity index is 1560. The molecule has 0 bridgehead atoms. The van der Waals surface area contributed by atoms with Gasteiger partial charge in [-0.05, 0) is 33.8 Å². The van der Waals surface area contributed by atoms with Crippen LogP contribution in [0.25, 0.3) is 21.3 Å². The number of benzene rings is 1. The van der Waals surface area contributed by atoms with E-state index in [9.17, 15) is 35.9 Å². The molecule has 0 radical (unpaired) electrons. The number of thiazole rings is 1. The molecule has 10 nitrogen and oxygen atoms in total. The van der Waals surface area contributed by atoms with Crippen molar-refractivity contribution in [3.63, 3.8) is 0 Å². The fraction of sp³-hybridized carbons (Fsp3) is 0.500. The summed E-state index contributed by atoms with van der Waals surface area (Å²) in [6.07, 6.45) is -4.46. The number of alkyl halides is 4. The van der Waals surface area contributed by atoms with Gasteiger partial charge in [0.2, 0.25) is 15.9 Å². The monoisotopic (exact) mass is 639 g/mol. The van der Waals surface area contributed by atoms with E-state index in [1.165, 1.54) is 13.8 Å². The molecule has 1 saturated heterocycles. The Morgan fingerprint density at radius 3 is 2.39 bits per heavy atom. The van der Waals surface area contributed by atoms with E-state index in [-0.39, 0.29) is 46.0 Å². The third-order valence-electron chi connectivity index (χ3n) is 6.03. The maximum Gasteiger partial charge on any atom is 0.276 e. The lowest BCUT2D eigenvalue weighted by Crippen LogP contribution is -2.43. The van der Waals surface area contributed by atoms with E-state index in [0.29, 0.717) is 11.3 Å². The van der Waals surface area contributed by atoms with Gasteiger partial charge in [-0.1, -0.05) is 17.7 Å². The van der Waals surface area contributed by atoms with E-state index in [4.69, 9.17) is 16.0 Å². The molecule has 1 aromatic carbocycles. The van der Waals surface area contributed by atoms with E-state index >= 15 is 0 Å². The number of sulfonamides is 1. The van der Waals surface area contributed by atoms with Gasteiger partial charge in [0.05, 0.1) is 9.90 Å². The van der Waals surface area contributed by atoms with Gasteiger partial charge >= 0.3 is 0 Å². The minimum Gasteiger partial charge on any atom is -0.415 e. The van der Waals surface area contributed by atoms with Crippen molar-refractivity contribution in [2.24, 2.45) is 0 Å². The number of piperidine rings is 1. The highest BCUT2D eigenvalue weighted by Crippen LogP contribution is 2.45. The van der Waals surface area contributed by atoms with Crippen molar-refractivity contribution < 1.29 is 40.3 Å². The van der Waals surface area contributed by atoms with E-state index in [1.54, 1.807) is 13.8 Å². The van der Waals surface area contributed by atoms with Crippen LogP contribution in [0.4, 0.5) is 17.6 Å². The van der Waals surface area contributed by atoms with Gasteiger partial charge in [-0.25, -0.2) is 35.7 Å². The summed E-state index contributed by atoms with van der Waals surface area (Å²) in [5.41, 5.74) is -3.04. The second-order valence-corrected chi connectivity index (χ2v) is 13.3. The lowest BCUT2D eigenvalue weighted by Gasteiger charge is -2.31. The van der Waals surface area contributed by atoms with Crippen LogP contribution in [0.3, 0.4) is 0 Å². The van der Waals surface area contributed by atoms with Gasteiger partial charge in [-0.15, -0.1) is 21.5 Å². The molecule has 41 heavy (non-hydrogen) atoms. The third-order valence-corrected chi connectivity index (χ3v) is 9.33. The molecule has 0 spiro atoms. The van der Waals surface area contributed by atoms with Gasteiger partial charge in [0, 0.05) is 43.1 Å². The van der Waals surface area contributed by atoms with Crippen LogP contribution >= 0.6 is 22.9 Å². The number of aromatic nitrogens is 3. The van der Waals surface area contributed by atoms with Crippen LogP contribution in [0.5, 0.6) is 0 Å². The summed E-state index contributed by atoms with van der Waals surface area (Å²) >= 11 is 6.96. The van der Waals surface area contributed by atoms with Crippen LogP contribution < -0.4 is 4.72 Å². The minimum atomic E-state index is -4.28.